The molecule has 1 atom stereocenters. The van der Waals surface area contributed by atoms with E-state index < -0.39 is 0 Å². The maximum absolute atomic E-state index is 12.9. The van der Waals surface area contributed by atoms with Gasteiger partial charge in [0.15, 0.2) is 0 Å². The Morgan fingerprint density at radius 1 is 1.33 bits per heavy atom. The third-order valence-electron chi connectivity index (χ3n) is 3.73. The second-order valence-corrected chi connectivity index (χ2v) is 5.19. The van der Waals surface area contributed by atoms with E-state index in [-0.39, 0.29) is 11.9 Å². The van der Waals surface area contributed by atoms with Gasteiger partial charge < -0.3 is 9.32 Å². The number of hydrogen-bond acceptors (Lipinski definition) is 5. The molecule has 0 saturated carbocycles. The summed E-state index contributed by atoms with van der Waals surface area (Å²) in [6.45, 7) is 1.33. The van der Waals surface area contributed by atoms with Crippen LogP contribution in [0.2, 0.25) is 0 Å². The Kier molecular flexibility index (Phi) is 4.06. The van der Waals surface area contributed by atoms with Gasteiger partial charge >= 0.3 is 0 Å². The normalized spacial score (nSPS) is 19.6. The molecule has 1 unspecified atom stereocenters. The van der Waals surface area contributed by atoms with Gasteiger partial charge in [-0.25, -0.2) is 4.39 Å². The van der Waals surface area contributed by atoms with Gasteiger partial charge in [-0.05, 0) is 43.7 Å². The maximum atomic E-state index is 12.9. The molecule has 0 bridgehead atoms. The van der Waals surface area contributed by atoms with E-state index in [9.17, 15) is 9.18 Å². The number of carbonyl (C=O) groups is 1. The zero-order chi connectivity index (χ0) is 14.7. The van der Waals surface area contributed by atoms with Gasteiger partial charge in [-0.1, -0.05) is 11.6 Å². The molecular formula is C15H16FN3O2. The lowest BCUT2D eigenvalue weighted by atomic mass is 10.0. The first-order valence-corrected chi connectivity index (χ1v) is 7.04. The van der Waals surface area contributed by atoms with Crippen LogP contribution in [-0.2, 0) is 11.3 Å². The van der Waals surface area contributed by atoms with Crippen molar-refractivity contribution in [2.75, 3.05) is 6.54 Å². The lowest BCUT2D eigenvalue weighted by molar-refractivity contribution is -0.113. The van der Waals surface area contributed by atoms with E-state index in [0.29, 0.717) is 23.8 Å². The highest BCUT2D eigenvalue weighted by Gasteiger charge is 2.23. The second-order valence-electron chi connectivity index (χ2n) is 5.19. The van der Waals surface area contributed by atoms with Crippen LogP contribution in [0.1, 0.15) is 25.2 Å². The number of carbonyl (C=O) groups excluding carboxylic acids is 1. The number of piperidine rings is 1. The first kappa shape index (κ1) is 13.9. The van der Waals surface area contributed by atoms with E-state index >= 15 is 0 Å². The smallest absolute Gasteiger partial charge is 0.241 e. The van der Waals surface area contributed by atoms with Crippen LogP contribution in [0.4, 0.5) is 4.39 Å². The van der Waals surface area contributed by atoms with Crippen molar-refractivity contribution in [2.45, 2.75) is 31.8 Å². The molecule has 21 heavy (non-hydrogen) atoms. The molecule has 0 spiro atoms. The average Bonchev–Trinajstić information content (AvgIpc) is 2.97. The van der Waals surface area contributed by atoms with Gasteiger partial charge in [0.25, 0.3) is 0 Å². The lowest BCUT2D eigenvalue weighted by Gasteiger charge is -2.30. The second kappa shape index (κ2) is 6.13. The fraction of sp³-hybridized carbons (Fsp3) is 0.400. The molecule has 0 N–H and O–H groups in total. The number of aromatic nitrogens is 2. The van der Waals surface area contributed by atoms with Crippen molar-refractivity contribution in [1.82, 2.24) is 15.0 Å². The van der Waals surface area contributed by atoms with Crippen LogP contribution < -0.4 is 0 Å². The number of hydrogen-bond donors (Lipinski definition) is 0. The average molecular weight is 289 g/mol. The molecule has 3 rings (SSSR count). The monoisotopic (exact) mass is 289 g/mol. The molecule has 5 nitrogen and oxygen atoms in total. The highest BCUT2D eigenvalue weighted by atomic mass is 19.1. The minimum atomic E-state index is -0.301. The van der Waals surface area contributed by atoms with Gasteiger partial charge in [-0.2, -0.15) is 4.98 Å². The largest absolute Gasteiger partial charge is 0.338 e. The SMILES string of the molecule is O=CC1CCCCN1Cc1nc(-c2ccc(F)cc2)no1. The van der Waals surface area contributed by atoms with Crippen LogP contribution in [0.5, 0.6) is 0 Å². The molecule has 0 aliphatic carbocycles. The molecular weight excluding hydrogens is 273 g/mol. The molecule has 1 aliphatic rings. The van der Waals surface area contributed by atoms with Crippen molar-refractivity contribution >= 4 is 6.29 Å². The van der Waals surface area contributed by atoms with Crippen molar-refractivity contribution in [1.29, 1.82) is 0 Å². The summed E-state index contributed by atoms with van der Waals surface area (Å²) < 4.78 is 18.1. The first-order chi connectivity index (χ1) is 10.3. The summed E-state index contributed by atoms with van der Waals surface area (Å²) in [5, 5.41) is 3.91. The van der Waals surface area contributed by atoms with Crippen molar-refractivity contribution in [3.63, 3.8) is 0 Å². The van der Waals surface area contributed by atoms with Crippen molar-refractivity contribution in [3.8, 4) is 11.4 Å². The highest BCUT2D eigenvalue weighted by Crippen LogP contribution is 2.20. The topological polar surface area (TPSA) is 59.2 Å². The third kappa shape index (κ3) is 3.16. The Bertz CT molecular complexity index is 612. The predicted molar refractivity (Wildman–Crippen MR) is 73.8 cm³/mol. The van der Waals surface area contributed by atoms with E-state index in [1.807, 2.05) is 0 Å². The van der Waals surface area contributed by atoms with Crippen LogP contribution in [0.25, 0.3) is 11.4 Å². The molecule has 110 valence electrons. The molecule has 1 fully saturated rings. The summed E-state index contributed by atoms with van der Waals surface area (Å²) in [7, 11) is 0. The van der Waals surface area contributed by atoms with Crippen LogP contribution in [-0.4, -0.2) is 33.9 Å². The Hall–Kier alpha value is -2.08. The fourth-order valence-corrected chi connectivity index (χ4v) is 2.58. The molecule has 2 heterocycles. The lowest BCUT2D eigenvalue weighted by Crippen LogP contribution is -2.39. The van der Waals surface area contributed by atoms with E-state index in [1.54, 1.807) is 12.1 Å². The predicted octanol–water partition coefficient (Wildman–Crippen LogP) is 2.43. The summed E-state index contributed by atoms with van der Waals surface area (Å²) in [6.07, 6.45) is 4.01. The summed E-state index contributed by atoms with van der Waals surface area (Å²) in [5.74, 6) is 0.609. The fourth-order valence-electron chi connectivity index (χ4n) is 2.58. The number of rotatable bonds is 4. The zero-order valence-corrected chi connectivity index (χ0v) is 11.5. The van der Waals surface area contributed by atoms with E-state index in [2.05, 4.69) is 15.0 Å². The van der Waals surface area contributed by atoms with Crippen molar-refractivity contribution in [2.24, 2.45) is 0 Å². The summed E-state index contributed by atoms with van der Waals surface area (Å²) in [6, 6.07) is 5.87. The van der Waals surface area contributed by atoms with Crippen LogP contribution in [0, 0.1) is 5.82 Å². The Balaban J connectivity index is 1.72. The number of halogens is 1. The molecule has 1 aromatic heterocycles. The van der Waals surface area contributed by atoms with E-state index in [1.165, 1.54) is 12.1 Å². The van der Waals surface area contributed by atoms with Gasteiger partial charge in [-0.3, -0.25) is 4.90 Å². The van der Waals surface area contributed by atoms with Crippen molar-refractivity contribution < 1.29 is 13.7 Å². The molecule has 0 radical (unpaired) electrons. The van der Waals surface area contributed by atoms with E-state index in [0.717, 1.165) is 32.1 Å². The van der Waals surface area contributed by atoms with Crippen LogP contribution in [0.15, 0.2) is 28.8 Å². The molecule has 0 amide bonds. The van der Waals surface area contributed by atoms with Gasteiger partial charge in [0.05, 0.1) is 12.6 Å². The van der Waals surface area contributed by atoms with Crippen molar-refractivity contribution in [3.05, 3.63) is 36.0 Å². The Morgan fingerprint density at radius 3 is 2.90 bits per heavy atom. The number of likely N-dealkylation sites (tertiary alicyclic amines) is 1. The molecule has 1 aromatic carbocycles. The quantitative estimate of drug-likeness (QED) is 0.809. The summed E-state index contributed by atoms with van der Waals surface area (Å²) in [5.41, 5.74) is 0.706. The number of nitrogens with zero attached hydrogens (tertiary/aromatic N) is 3. The zero-order valence-electron chi connectivity index (χ0n) is 11.5. The molecule has 6 heteroatoms. The van der Waals surface area contributed by atoms with Crippen LogP contribution >= 0.6 is 0 Å². The summed E-state index contributed by atoms with van der Waals surface area (Å²) >= 11 is 0. The third-order valence-corrected chi connectivity index (χ3v) is 3.73. The van der Waals surface area contributed by atoms with Gasteiger partial charge in [0.1, 0.15) is 12.1 Å². The number of benzene rings is 1. The first-order valence-electron chi connectivity index (χ1n) is 7.04. The van der Waals surface area contributed by atoms with Crippen LogP contribution in [0.3, 0.4) is 0 Å². The minimum Gasteiger partial charge on any atom is -0.338 e. The Labute approximate surface area is 121 Å². The standard InChI is InChI=1S/C15H16FN3O2/c16-12-6-4-11(5-7-12)15-17-14(21-18-15)9-19-8-2-1-3-13(19)10-20/h4-7,10,13H,1-3,8-9H2. The van der Waals surface area contributed by atoms with Gasteiger partial charge in [-0.15, -0.1) is 0 Å². The maximum Gasteiger partial charge on any atom is 0.241 e. The summed E-state index contributed by atoms with van der Waals surface area (Å²) in [4.78, 5) is 17.4. The molecule has 1 aliphatic heterocycles. The number of aldehydes is 1. The highest BCUT2D eigenvalue weighted by molar-refractivity contribution is 5.57. The van der Waals surface area contributed by atoms with E-state index in [4.69, 9.17) is 4.52 Å². The molecule has 1 saturated heterocycles. The minimum absolute atomic E-state index is 0.0695. The van der Waals surface area contributed by atoms with Gasteiger partial charge in [0.2, 0.25) is 11.7 Å². The Morgan fingerprint density at radius 2 is 2.14 bits per heavy atom. The molecule has 2 aromatic rings. The van der Waals surface area contributed by atoms with Gasteiger partial charge in [0, 0.05) is 5.56 Å².